The molecule has 6 nitrogen and oxygen atoms in total. The third-order valence-electron chi connectivity index (χ3n) is 5.80. The lowest BCUT2D eigenvalue weighted by atomic mass is 10.1. The summed E-state index contributed by atoms with van der Waals surface area (Å²) in [5.41, 5.74) is 5.18. The van der Waals surface area contributed by atoms with Crippen LogP contribution in [0.2, 0.25) is 0 Å². The summed E-state index contributed by atoms with van der Waals surface area (Å²) in [6, 6.07) is 26.9. The largest absolute Gasteiger partial charge is 0.329 e. The Balaban J connectivity index is 1.68. The highest BCUT2D eigenvalue weighted by Gasteiger charge is 2.23. The molecular formula is C29H30N4O2. The van der Waals surface area contributed by atoms with Crippen molar-refractivity contribution in [2.24, 2.45) is 0 Å². The van der Waals surface area contributed by atoms with E-state index in [1.807, 2.05) is 93.6 Å². The number of amides is 2. The molecule has 1 heterocycles. The van der Waals surface area contributed by atoms with Gasteiger partial charge in [-0.15, -0.1) is 0 Å². The predicted octanol–water partition coefficient (Wildman–Crippen LogP) is 5.65. The van der Waals surface area contributed by atoms with Crippen molar-refractivity contribution in [2.45, 2.75) is 27.2 Å². The van der Waals surface area contributed by atoms with E-state index in [0.717, 1.165) is 34.5 Å². The zero-order chi connectivity index (χ0) is 24.8. The lowest BCUT2D eigenvalue weighted by Crippen LogP contribution is -2.38. The predicted molar refractivity (Wildman–Crippen MR) is 140 cm³/mol. The van der Waals surface area contributed by atoms with Crippen LogP contribution in [-0.2, 0) is 4.79 Å². The third-order valence-corrected chi connectivity index (χ3v) is 5.80. The third kappa shape index (κ3) is 5.49. The van der Waals surface area contributed by atoms with E-state index in [2.05, 4.69) is 5.32 Å². The quantitative estimate of drug-likeness (QED) is 0.365. The van der Waals surface area contributed by atoms with Crippen LogP contribution in [0.25, 0.3) is 16.8 Å². The van der Waals surface area contributed by atoms with Crippen LogP contribution in [0.4, 0.5) is 5.82 Å². The number of carbonyl (C=O) groups is 2. The van der Waals surface area contributed by atoms with Gasteiger partial charge < -0.3 is 10.2 Å². The summed E-state index contributed by atoms with van der Waals surface area (Å²) < 4.78 is 1.76. The minimum atomic E-state index is -0.270. The smallest absolute Gasteiger partial charge is 0.254 e. The molecule has 0 saturated heterocycles. The Bertz CT molecular complexity index is 1300. The second-order valence-electron chi connectivity index (χ2n) is 8.56. The molecule has 0 atom stereocenters. The normalized spacial score (nSPS) is 10.7. The highest BCUT2D eigenvalue weighted by molar-refractivity contribution is 6.01. The summed E-state index contributed by atoms with van der Waals surface area (Å²) in [6.07, 6.45) is 0.752. The number of anilines is 1. The molecule has 0 aliphatic heterocycles. The van der Waals surface area contributed by atoms with E-state index in [1.165, 1.54) is 0 Å². The van der Waals surface area contributed by atoms with Crippen molar-refractivity contribution < 1.29 is 9.59 Å². The van der Waals surface area contributed by atoms with Gasteiger partial charge in [0.25, 0.3) is 5.91 Å². The molecule has 0 saturated carbocycles. The number of aromatic nitrogens is 2. The van der Waals surface area contributed by atoms with Crippen LogP contribution < -0.4 is 5.32 Å². The lowest BCUT2D eigenvalue weighted by molar-refractivity contribution is -0.116. The number of carbonyl (C=O) groups excluding carboxylic acids is 2. The van der Waals surface area contributed by atoms with E-state index in [-0.39, 0.29) is 18.4 Å². The van der Waals surface area contributed by atoms with Crippen LogP contribution in [0.1, 0.15) is 35.0 Å². The second-order valence-corrected chi connectivity index (χ2v) is 8.56. The van der Waals surface area contributed by atoms with Crippen LogP contribution in [0.5, 0.6) is 0 Å². The van der Waals surface area contributed by atoms with Crippen LogP contribution in [0.3, 0.4) is 0 Å². The minimum Gasteiger partial charge on any atom is -0.329 e. The molecule has 0 fully saturated rings. The summed E-state index contributed by atoms with van der Waals surface area (Å²) >= 11 is 0. The number of nitrogens with zero attached hydrogens (tertiary/aromatic N) is 3. The first-order valence-electron chi connectivity index (χ1n) is 11.8. The van der Waals surface area contributed by atoms with E-state index in [9.17, 15) is 9.59 Å². The van der Waals surface area contributed by atoms with Gasteiger partial charge in [0.15, 0.2) is 0 Å². The Labute approximate surface area is 206 Å². The molecule has 3 aromatic carbocycles. The van der Waals surface area contributed by atoms with Gasteiger partial charge in [0.1, 0.15) is 12.4 Å². The fourth-order valence-corrected chi connectivity index (χ4v) is 4.10. The van der Waals surface area contributed by atoms with Crippen molar-refractivity contribution in [3.8, 4) is 16.8 Å². The van der Waals surface area contributed by atoms with E-state index in [1.54, 1.807) is 21.7 Å². The number of benzene rings is 3. The van der Waals surface area contributed by atoms with Crippen molar-refractivity contribution in [1.82, 2.24) is 14.7 Å². The van der Waals surface area contributed by atoms with Crippen molar-refractivity contribution >= 4 is 17.6 Å². The summed E-state index contributed by atoms with van der Waals surface area (Å²) in [7, 11) is 0. The molecule has 1 N–H and O–H groups in total. The summed E-state index contributed by atoms with van der Waals surface area (Å²) in [5, 5.41) is 7.83. The molecule has 0 spiro atoms. The average molecular weight is 467 g/mol. The van der Waals surface area contributed by atoms with Crippen LogP contribution in [0.15, 0.2) is 84.9 Å². The Morgan fingerprint density at radius 2 is 1.51 bits per heavy atom. The monoisotopic (exact) mass is 466 g/mol. The molecule has 35 heavy (non-hydrogen) atoms. The van der Waals surface area contributed by atoms with Crippen LogP contribution in [-0.4, -0.2) is 39.6 Å². The van der Waals surface area contributed by atoms with E-state index >= 15 is 0 Å². The molecule has 0 unspecified atom stereocenters. The molecule has 0 radical (unpaired) electrons. The number of rotatable bonds is 8. The van der Waals surface area contributed by atoms with Crippen LogP contribution in [0, 0.1) is 13.8 Å². The van der Waals surface area contributed by atoms with Crippen molar-refractivity contribution in [2.75, 3.05) is 18.4 Å². The highest BCUT2D eigenvalue weighted by Crippen LogP contribution is 2.33. The Morgan fingerprint density at radius 3 is 2.14 bits per heavy atom. The van der Waals surface area contributed by atoms with Crippen molar-refractivity contribution in [3.05, 3.63) is 102 Å². The maximum Gasteiger partial charge on any atom is 0.254 e. The van der Waals surface area contributed by atoms with E-state index in [4.69, 9.17) is 5.10 Å². The molecule has 0 aliphatic carbocycles. The topological polar surface area (TPSA) is 67.2 Å². The van der Waals surface area contributed by atoms with Gasteiger partial charge >= 0.3 is 0 Å². The second kappa shape index (κ2) is 10.8. The zero-order valence-electron chi connectivity index (χ0n) is 20.4. The molecule has 0 bridgehead atoms. The van der Waals surface area contributed by atoms with Gasteiger partial charge in [0, 0.05) is 17.7 Å². The van der Waals surface area contributed by atoms with Gasteiger partial charge in [-0.3, -0.25) is 9.59 Å². The number of hydrogen-bond donors (Lipinski definition) is 1. The van der Waals surface area contributed by atoms with E-state index in [0.29, 0.717) is 17.9 Å². The lowest BCUT2D eigenvalue weighted by Gasteiger charge is -2.22. The molecule has 0 aliphatic rings. The first kappa shape index (κ1) is 24.0. The first-order valence-corrected chi connectivity index (χ1v) is 11.8. The first-order chi connectivity index (χ1) is 17.0. The Kier molecular flexibility index (Phi) is 7.41. The highest BCUT2D eigenvalue weighted by atomic mass is 16.2. The van der Waals surface area contributed by atoms with Gasteiger partial charge in [-0.2, -0.15) is 5.10 Å². The molecule has 4 aromatic rings. The molecule has 6 heteroatoms. The van der Waals surface area contributed by atoms with Gasteiger partial charge in [-0.05, 0) is 50.1 Å². The van der Waals surface area contributed by atoms with Gasteiger partial charge in [0.05, 0.1) is 11.4 Å². The summed E-state index contributed by atoms with van der Waals surface area (Å²) in [6.45, 7) is 6.40. The fraction of sp³-hybridized carbons (Fsp3) is 0.207. The maximum absolute atomic E-state index is 13.3. The van der Waals surface area contributed by atoms with Gasteiger partial charge in [-0.1, -0.05) is 73.2 Å². The average Bonchev–Trinajstić information content (AvgIpc) is 3.20. The molecule has 1 aromatic heterocycles. The summed E-state index contributed by atoms with van der Waals surface area (Å²) in [5.74, 6) is 0.161. The Morgan fingerprint density at radius 1 is 0.886 bits per heavy atom. The molecule has 2 amide bonds. The minimum absolute atomic E-state index is 0.0477. The molecule has 4 rings (SSSR count). The SMILES string of the molecule is CCCN(CC(=O)Nc1c(-c2ccccc2)c(C)nn1-c1ccc(C)cc1)C(=O)c1ccccc1. The standard InChI is InChI=1S/C29H30N4O2/c1-4-19-32(29(35)24-13-9-6-10-14-24)20-26(34)30-28-27(23-11-7-5-8-12-23)22(3)31-33(28)25-17-15-21(2)16-18-25/h5-18H,4,19-20H2,1-3H3,(H,30,34). The summed E-state index contributed by atoms with van der Waals surface area (Å²) in [4.78, 5) is 28.0. The fourth-order valence-electron chi connectivity index (χ4n) is 4.10. The van der Waals surface area contributed by atoms with Crippen molar-refractivity contribution in [1.29, 1.82) is 0 Å². The van der Waals surface area contributed by atoms with Crippen LogP contribution >= 0.6 is 0 Å². The van der Waals surface area contributed by atoms with Gasteiger partial charge in [-0.25, -0.2) is 4.68 Å². The number of nitrogens with one attached hydrogen (secondary N) is 1. The van der Waals surface area contributed by atoms with E-state index < -0.39 is 0 Å². The van der Waals surface area contributed by atoms with Gasteiger partial charge in [0.2, 0.25) is 5.91 Å². The number of aryl methyl sites for hydroxylation is 2. The van der Waals surface area contributed by atoms with Crippen molar-refractivity contribution in [3.63, 3.8) is 0 Å². The Hall–Kier alpha value is -4.19. The number of hydrogen-bond acceptors (Lipinski definition) is 3. The molecule has 178 valence electrons. The molecular weight excluding hydrogens is 436 g/mol. The maximum atomic E-state index is 13.3. The zero-order valence-corrected chi connectivity index (χ0v) is 20.4.